The van der Waals surface area contributed by atoms with Crippen LogP contribution in [0.2, 0.25) is 0 Å². The second-order valence-corrected chi connectivity index (χ2v) is 23.1. The molecule has 2 aromatic carbocycles. The van der Waals surface area contributed by atoms with Crippen LogP contribution in [0.4, 0.5) is 11.4 Å². The van der Waals surface area contributed by atoms with E-state index in [2.05, 4.69) is 103 Å². The first kappa shape index (κ1) is 52.1. The van der Waals surface area contributed by atoms with E-state index >= 15 is 0 Å². The molecule has 0 fully saturated rings. The first-order valence-electron chi connectivity index (χ1n) is 19.2. The topological polar surface area (TPSA) is 192 Å². The second-order valence-electron chi connectivity index (χ2n) is 15.3. The molecule has 3 N–H and O–H groups in total. The Bertz CT molecular complexity index is 2440. The van der Waals surface area contributed by atoms with Crippen molar-refractivity contribution in [1.82, 2.24) is 0 Å². The zero-order valence-corrected chi connectivity index (χ0v) is 44.6. The van der Waals surface area contributed by atoms with E-state index in [1.165, 1.54) is 4.90 Å². The maximum Gasteiger partial charge on any atom is 0.307 e. The van der Waals surface area contributed by atoms with Gasteiger partial charge in [0, 0.05) is 79.9 Å². The average Bonchev–Trinajstić information content (AvgIpc) is 3.50. The summed E-state index contributed by atoms with van der Waals surface area (Å²) in [5, 5.41) is 19.8. The van der Waals surface area contributed by atoms with Gasteiger partial charge in [0.05, 0.1) is 27.0 Å². The highest BCUT2D eigenvalue weighted by Gasteiger charge is 2.54. The molecule has 0 bridgehead atoms. The minimum atomic E-state index is -4.59. The van der Waals surface area contributed by atoms with Crippen molar-refractivity contribution >= 4 is 145 Å². The number of aliphatic carboxylic acids is 2. The van der Waals surface area contributed by atoms with Gasteiger partial charge in [-0.2, -0.15) is 13.0 Å². The van der Waals surface area contributed by atoms with Crippen molar-refractivity contribution in [2.75, 3.05) is 23.1 Å². The van der Waals surface area contributed by atoms with E-state index in [4.69, 9.17) is 0 Å². The number of carbonyl (C=O) groups is 2. The molecule has 0 aromatic heterocycles. The number of rotatable bonds is 21. The third kappa shape index (κ3) is 12.2. The molecular weight excluding hydrogens is 1220 g/mol. The highest BCUT2D eigenvalue weighted by Crippen LogP contribution is 2.58. The van der Waals surface area contributed by atoms with Crippen molar-refractivity contribution in [3.8, 4) is 0 Å². The molecule has 2 heterocycles. The average molecular weight is 1270 g/mol. The quantitative estimate of drug-likeness (QED) is 0.0354. The van der Waals surface area contributed by atoms with Gasteiger partial charge in [0.25, 0.3) is 10.1 Å². The van der Waals surface area contributed by atoms with Gasteiger partial charge in [-0.25, -0.2) is 8.42 Å². The van der Waals surface area contributed by atoms with Crippen LogP contribution in [0.1, 0.15) is 89.7 Å². The molecule has 2 aliphatic rings. The van der Waals surface area contributed by atoms with Crippen LogP contribution in [0.5, 0.6) is 0 Å². The molecule has 0 saturated carbocycles. The van der Waals surface area contributed by atoms with Gasteiger partial charge >= 0.3 is 11.9 Å². The van der Waals surface area contributed by atoms with Gasteiger partial charge in [-0.1, -0.05) is 63.0 Å². The van der Waals surface area contributed by atoms with Crippen molar-refractivity contribution < 1.29 is 50.3 Å². The molecule has 0 amide bonds. The van der Waals surface area contributed by atoms with E-state index in [1.54, 1.807) is 43.4 Å². The van der Waals surface area contributed by atoms with E-state index in [9.17, 15) is 45.7 Å². The zero-order chi connectivity index (χ0) is 45.7. The summed E-state index contributed by atoms with van der Waals surface area (Å²) in [4.78, 5) is 25.6. The molecule has 61 heavy (non-hydrogen) atoms. The fourth-order valence-corrected chi connectivity index (χ4v) is 13.0. The first-order chi connectivity index (χ1) is 28.4. The molecular formula is C41H46Br6N2O10S2. The number of unbranched alkanes of at least 4 members (excludes halogenated alkanes) is 3. The van der Waals surface area contributed by atoms with E-state index in [-0.39, 0.29) is 19.4 Å². The SMILES string of the molecule is CCCCC(C(=O)O)C1(C)/C(=C/C=C/C=C/C=C/C2=[N+](CCCS(=O)(=O)[O-])c3cc(Br)c(Br)c(Br)c3C2(C)CCCCCC(=O)O)N(CS(=O)(=O)O)c2cc(Br)c(Br)c(Br)c21. The molecule has 3 atom stereocenters. The summed E-state index contributed by atoms with van der Waals surface area (Å²) in [6, 6.07) is 3.64. The molecule has 0 aliphatic carbocycles. The fraction of sp³-hybridized carbons (Fsp3) is 0.439. The summed E-state index contributed by atoms with van der Waals surface area (Å²) in [6.07, 6.45) is 16.7. The predicted octanol–water partition coefficient (Wildman–Crippen LogP) is 11.7. The Balaban J connectivity index is 1.80. The van der Waals surface area contributed by atoms with Crippen LogP contribution in [0.25, 0.3) is 0 Å². The third-order valence-electron chi connectivity index (χ3n) is 11.0. The Morgan fingerprint density at radius 2 is 1.44 bits per heavy atom. The number of nitrogens with zero attached hydrogens (tertiary/aromatic N) is 2. The molecule has 334 valence electrons. The zero-order valence-electron chi connectivity index (χ0n) is 33.4. The van der Waals surface area contributed by atoms with E-state index in [0.717, 1.165) is 36.8 Å². The Labute approximate surface area is 408 Å². The van der Waals surface area contributed by atoms with E-state index in [1.807, 2.05) is 29.7 Å². The number of halogens is 6. The molecule has 20 heteroatoms. The lowest BCUT2D eigenvalue weighted by atomic mass is 9.69. The highest BCUT2D eigenvalue weighted by atomic mass is 79.9. The van der Waals surface area contributed by atoms with Gasteiger partial charge in [0.2, 0.25) is 5.69 Å². The summed E-state index contributed by atoms with van der Waals surface area (Å²) in [7, 11) is -9.05. The smallest absolute Gasteiger partial charge is 0.307 e. The van der Waals surface area contributed by atoms with Gasteiger partial charge in [-0.15, -0.1) is 0 Å². The highest BCUT2D eigenvalue weighted by molar-refractivity contribution is 9.15. The fourth-order valence-electron chi connectivity index (χ4n) is 8.27. The Morgan fingerprint density at radius 3 is 2.03 bits per heavy atom. The van der Waals surface area contributed by atoms with Crippen molar-refractivity contribution in [1.29, 1.82) is 0 Å². The Hall–Kier alpha value is -1.49. The maximum absolute atomic E-state index is 13.0. The largest absolute Gasteiger partial charge is 0.748 e. The molecule has 0 saturated heterocycles. The summed E-state index contributed by atoms with van der Waals surface area (Å²) in [5.41, 5.74) is 2.13. The van der Waals surface area contributed by atoms with Gasteiger partial charge in [0.1, 0.15) is 6.54 Å². The van der Waals surface area contributed by atoms with Crippen molar-refractivity contribution in [3.05, 3.63) is 98.3 Å². The monoisotopic (exact) mass is 1260 g/mol. The molecule has 0 radical (unpaired) electrons. The number of carboxylic acids is 2. The summed E-state index contributed by atoms with van der Waals surface area (Å²) in [5.74, 6) is -4.21. The number of carboxylic acid groups (broad SMARTS) is 2. The minimum absolute atomic E-state index is 0.0631. The number of fused-ring (bicyclic) bond motifs is 2. The van der Waals surface area contributed by atoms with Crippen LogP contribution in [-0.4, -0.2) is 76.6 Å². The molecule has 0 spiro atoms. The maximum atomic E-state index is 13.0. The normalized spacial score (nSPS) is 20.5. The lowest BCUT2D eigenvalue weighted by Crippen LogP contribution is -2.41. The van der Waals surface area contributed by atoms with E-state index in [0.29, 0.717) is 68.9 Å². The van der Waals surface area contributed by atoms with Gasteiger partial charge < -0.3 is 19.7 Å². The Kier molecular flexibility index (Phi) is 18.5. The van der Waals surface area contributed by atoms with Gasteiger partial charge in [-0.3, -0.25) is 14.1 Å². The summed E-state index contributed by atoms with van der Waals surface area (Å²) in [6.45, 7) is 6.06. The molecule has 3 unspecified atom stereocenters. The van der Waals surface area contributed by atoms with Crippen LogP contribution in [0.15, 0.2) is 87.2 Å². The number of allylic oxidation sites excluding steroid dienone is 8. The van der Waals surface area contributed by atoms with Gasteiger partial charge in [-0.05, 0) is 141 Å². The molecule has 12 nitrogen and oxygen atoms in total. The van der Waals surface area contributed by atoms with Crippen molar-refractivity contribution in [3.63, 3.8) is 0 Å². The van der Waals surface area contributed by atoms with E-state index < -0.39 is 60.6 Å². The minimum Gasteiger partial charge on any atom is -0.748 e. The first-order valence-corrected chi connectivity index (χ1v) is 27.2. The second kappa shape index (κ2) is 21.7. The Morgan fingerprint density at radius 1 is 0.836 bits per heavy atom. The molecule has 4 rings (SSSR count). The number of hydrogen-bond acceptors (Lipinski definition) is 8. The summed E-state index contributed by atoms with van der Waals surface area (Å²) >= 11 is 21.8. The number of anilines is 1. The molecule has 2 aliphatic heterocycles. The standard InChI is InChI=1S/C41H46Br6N2O10S2/c1-4-5-15-25(39(52)53)41(3)31(49(24-61(57,58)59)29-23-27(43)36(45)38(47)34(29)41)17-11-8-6-7-10-16-30-40(2,19-13-9-12-18-32(50)51)33-28(22-26(42)35(44)37(33)46)48(30)20-14-21-60(54,55)56/h6-8,10-11,16-17,22-23,25H,4-5,9,12-15,18-21,24H2,1-3H3,(H3-,50,51,52,53,54,55,56,57,58,59). The van der Waals surface area contributed by atoms with Gasteiger partial charge in [0.15, 0.2) is 11.6 Å². The van der Waals surface area contributed by atoms with Crippen LogP contribution in [-0.2, 0) is 40.7 Å². The van der Waals surface area contributed by atoms with Crippen molar-refractivity contribution in [2.45, 2.75) is 89.4 Å². The number of benzene rings is 2. The lowest BCUT2D eigenvalue weighted by Gasteiger charge is -2.35. The lowest BCUT2D eigenvalue weighted by molar-refractivity contribution is -0.437. The van der Waals surface area contributed by atoms with Crippen LogP contribution in [0.3, 0.4) is 0 Å². The van der Waals surface area contributed by atoms with Crippen molar-refractivity contribution in [2.24, 2.45) is 5.92 Å². The molecule has 2 aromatic rings. The summed E-state index contributed by atoms with van der Waals surface area (Å²) < 4.78 is 76.0. The van der Waals surface area contributed by atoms with Crippen LogP contribution < -0.4 is 4.90 Å². The van der Waals surface area contributed by atoms with Crippen LogP contribution in [0, 0.1) is 5.92 Å². The van der Waals surface area contributed by atoms with Crippen LogP contribution >= 0.6 is 95.6 Å². The predicted molar refractivity (Wildman–Crippen MR) is 259 cm³/mol. The number of hydrogen-bond donors (Lipinski definition) is 3. The third-order valence-corrected chi connectivity index (χ3v) is 19.0.